The van der Waals surface area contributed by atoms with Gasteiger partial charge in [0.15, 0.2) is 5.13 Å². The van der Waals surface area contributed by atoms with Gasteiger partial charge in [0.2, 0.25) is 0 Å². The molecule has 0 aromatic carbocycles. The third-order valence-electron chi connectivity index (χ3n) is 3.23. The summed E-state index contributed by atoms with van der Waals surface area (Å²) in [5, 5.41) is 11.5. The molecular formula is C12H18N2O4S. The van der Waals surface area contributed by atoms with Gasteiger partial charge >= 0.3 is 5.97 Å². The van der Waals surface area contributed by atoms with E-state index in [1.165, 1.54) is 11.3 Å². The topological polar surface area (TPSA) is 71.9 Å². The molecule has 0 radical (unpaired) electrons. The molecule has 2 heterocycles. The van der Waals surface area contributed by atoms with Crippen LogP contribution in [-0.4, -0.2) is 55.6 Å². The number of anilines is 1. The Bertz CT molecular complexity index is 425. The molecule has 1 aromatic rings. The Morgan fingerprint density at radius 2 is 2.11 bits per heavy atom. The molecule has 106 valence electrons. The fraction of sp³-hybridized carbons (Fsp3) is 0.667. The van der Waals surface area contributed by atoms with Gasteiger partial charge in [0.25, 0.3) is 0 Å². The molecule has 0 bridgehead atoms. The first-order chi connectivity index (χ1) is 9.13. The van der Waals surface area contributed by atoms with Gasteiger partial charge in [-0.05, 0) is 0 Å². The summed E-state index contributed by atoms with van der Waals surface area (Å²) in [5.74, 6) is -0.797. The SMILES string of the molecule is COC1CN(c2nc(CCC(=O)O)cs2)CC1OC. The summed E-state index contributed by atoms with van der Waals surface area (Å²) in [6, 6.07) is 0. The normalized spacial score (nSPS) is 22.9. The van der Waals surface area contributed by atoms with Gasteiger partial charge in [0.1, 0.15) is 12.2 Å². The molecule has 0 spiro atoms. The number of carbonyl (C=O) groups is 1. The Kier molecular flexibility index (Phi) is 4.73. The zero-order chi connectivity index (χ0) is 13.8. The minimum atomic E-state index is -0.797. The van der Waals surface area contributed by atoms with Crippen LogP contribution in [0.1, 0.15) is 12.1 Å². The number of hydrogen-bond acceptors (Lipinski definition) is 6. The zero-order valence-corrected chi connectivity index (χ0v) is 11.9. The average Bonchev–Trinajstić information content (AvgIpc) is 3.02. The molecule has 1 N–H and O–H groups in total. The molecule has 19 heavy (non-hydrogen) atoms. The lowest BCUT2D eigenvalue weighted by Crippen LogP contribution is -2.27. The number of nitrogens with zero attached hydrogens (tertiary/aromatic N) is 2. The van der Waals surface area contributed by atoms with Crippen LogP contribution in [0.25, 0.3) is 0 Å². The molecule has 1 aromatic heterocycles. The molecule has 1 aliphatic heterocycles. The first-order valence-corrected chi connectivity index (χ1v) is 6.98. The van der Waals surface area contributed by atoms with Gasteiger partial charge in [-0.1, -0.05) is 0 Å². The second kappa shape index (κ2) is 6.31. The third-order valence-corrected chi connectivity index (χ3v) is 4.18. The minimum absolute atomic E-state index is 0.0522. The molecule has 2 rings (SSSR count). The number of aliphatic carboxylic acids is 1. The van der Waals surface area contributed by atoms with E-state index in [-0.39, 0.29) is 18.6 Å². The number of carboxylic acid groups (broad SMARTS) is 1. The Hall–Kier alpha value is -1.18. The van der Waals surface area contributed by atoms with Crippen molar-refractivity contribution >= 4 is 22.4 Å². The molecule has 0 aliphatic carbocycles. The number of thiazole rings is 1. The second-order valence-corrected chi connectivity index (χ2v) is 5.30. The van der Waals surface area contributed by atoms with E-state index in [9.17, 15) is 4.79 Å². The van der Waals surface area contributed by atoms with Crippen LogP contribution in [0.4, 0.5) is 5.13 Å². The van der Waals surface area contributed by atoms with E-state index in [4.69, 9.17) is 14.6 Å². The van der Waals surface area contributed by atoms with E-state index in [1.807, 2.05) is 5.38 Å². The van der Waals surface area contributed by atoms with Gasteiger partial charge < -0.3 is 19.5 Å². The third kappa shape index (κ3) is 3.43. The zero-order valence-electron chi connectivity index (χ0n) is 11.0. The summed E-state index contributed by atoms with van der Waals surface area (Å²) < 4.78 is 10.8. The summed E-state index contributed by atoms with van der Waals surface area (Å²) in [5.41, 5.74) is 0.831. The van der Waals surface area contributed by atoms with Crippen molar-refractivity contribution < 1.29 is 19.4 Å². The molecule has 2 unspecified atom stereocenters. The summed E-state index contributed by atoms with van der Waals surface area (Å²) in [4.78, 5) is 17.1. The highest BCUT2D eigenvalue weighted by Gasteiger charge is 2.34. The van der Waals surface area contributed by atoms with Crippen molar-refractivity contribution in [1.82, 2.24) is 4.98 Å². The van der Waals surface area contributed by atoms with Crippen LogP contribution >= 0.6 is 11.3 Å². The summed E-state index contributed by atoms with van der Waals surface area (Å²) in [6.07, 6.45) is 0.693. The predicted octanol–water partition coefficient (Wildman–Crippen LogP) is 1.01. The van der Waals surface area contributed by atoms with Crippen molar-refractivity contribution in [3.05, 3.63) is 11.1 Å². The Morgan fingerprint density at radius 3 is 2.63 bits per heavy atom. The maximum absolute atomic E-state index is 10.5. The molecule has 6 nitrogen and oxygen atoms in total. The molecule has 2 atom stereocenters. The van der Waals surface area contributed by atoms with Crippen LogP contribution in [0.3, 0.4) is 0 Å². The first kappa shape index (κ1) is 14.2. The lowest BCUT2D eigenvalue weighted by molar-refractivity contribution is -0.136. The molecule has 1 fully saturated rings. The largest absolute Gasteiger partial charge is 0.481 e. The van der Waals surface area contributed by atoms with Gasteiger partial charge in [-0.3, -0.25) is 4.79 Å². The van der Waals surface area contributed by atoms with E-state index >= 15 is 0 Å². The summed E-state index contributed by atoms with van der Waals surface area (Å²) in [6.45, 7) is 1.50. The number of methoxy groups -OCH3 is 2. The Labute approximate surface area is 116 Å². The predicted molar refractivity (Wildman–Crippen MR) is 71.9 cm³/mol. The molecular weight excluding hydrogens is 268 g/mol. The van der Waals surface area contributed by atoms with Crippen molar-refractivity contribution in [2.45, 2.75) is 25.0 Å². The van der Waals surface area contributed by atoms with E-state index < -0.39 is 5.97 Å². The van der Waals surface area contributed by atoms with Gasteiger partial charge in [-0.15, -0.1) is 11.3 Å². The molecule has 0 amide bonds. The lowest BCUT2D eigenvalue weighted by atomic mass is 10.2. The molecule has 0 saturated carbocycles. The number of rotatable bonds is 6. The first-order valence-electron chi connectivity index (χ1n) is 6.10. The highest BCUT2D eigenvalue weighted by Crippen LogP contribution is 2.27. The number of hydrogen-bond donors (Lipinski definition) is 1. The average molecular weight is 286 g/mol. The monoisotopic (exact) mass is 286 g/mol. The van der Waals surface area contributed by atoms with Crippen molar-refractivity contribution in [2.75, 3.05) is 32.2 Å². The van der Waals surface area contributed by atoms with Crippen molar-refractivity contribution in [3.63, 3.8) is 0 Å². The number of aromatic nitrogens is 1. The fourth-order valence-corrected chi connectivity index (χ4v) is 3.02. The number of ether oxygens (including phenoxy) is 2. The van der Waals surface area contributed by atoms with E-state index in [0.29, 0.717) is 6.42 Å². The van der Waals surface area contributed by atoms with Crippen LogP contribution < -0.4 is 4.90 Å². The van der Waals surface area contributed by atoms with Crippen LogP contribution in [0.2, 0.25) is 0 Å². The second-order valence-electron chi connectivity index (χ2n) is 4.47. The highest BCUT2D eigenvalue weighted by atomic mass is 32.1. The minimum Gasteiger partial charge on any atom is -0.481 e. The molecule has 7 heteroatoms. The van der Waals surface area contributed by atoms with E-state index in [1.54, 1.807) is 14.2 Å². The molecule has 1 saturated heterocycles. The molecule has 1 aliphatic rings. The maximum Gasteiger partial charge on any atom is 0.303 e. The lowest BCUT2D eigenvalue weighted by Gasteiger charge is -2.13. The van der Waals surface area contributed by atoms with Crippen molar-refractivity contribution in [3.8, 4) is 0 Å². The Morgan fingerprint density at radius 1 is 1.47 bits per heavy atom. The Balaban J connectivity index is 1.97. The van der Waals surface area contributed by atoms with Gasteiger partial charge in [0, 0.05) is 39.1 Å². The summed E-state index contributed by atoms with van der Waals surface area (Å²) in [7, 11) is 3.36. The van der Waals surface area contributed by atoms with Crippen molar-refractivity contribution in [2.24, 2.45) is 0 Å². The van der Waals surface area contributed by atoms with E-state index in [0.717, 1.165) is 23.9 Å². The smallest absolute Gasteiger partial charge is 0.303 e. The standard InChI is InChI=1S/C12H18N2O4S/c1-17-9-5-14(6-10(9)18-2)12-13-8(7-19-12)3-4-11(15)16/h7,9-10H,3-6H2,1-2H3,(H,15,16). The number of aryl methyl sites for hydroxylation is 1. The summed E-state index contributed by atoms with van der Waals surface area (Å²) >= 11 is 1.53. The van der Waals surface area contributed by atoms with Crippen LogP contribution in [0, 0.1) is 0 Å². The van der Waals surface area contributed by atoms with Crippen molar-refractivity contribution in [1.29, 1.82) is 0 Å². The van der Waals surface area contributed by atoms with Crippen LogP contribution in [0.5, 0.6) is 0 Å². The quantitative estimate of drug-likeness (QED) is 0.841. The van der Waals surface area contributed by atoms with Crippen LogP contribution in [0.15, 0.2) is 5.38 Å². The fourth-order valence-electron chi connectivity index (χ4n) is 2.14. The van der Waals surface area contributed by atoms with Crippen LogP contribution in [-0.2, 0) is 20.7 Å². The number of carboxylic acids is 1. The maximum atomic E-state index is 10.5. The van der Waals surface area contributed by atoms with Gasteiger partial charge in [-0.2, -0.15) is 0 Å². The van der Waals surface area contributed by atoms with Gasteiger partial charge in [0.05, 0.1) is 12.1 Å². The van der Waals surface area contributed by atoms with E-state index in [2.05, 4.69) is 9.88 Å². The highest BCUT2D eigenvalue weighted by molar-refractivity contribution is 7.13. The van der Waals surface area contributed by atoms with Gasteiger partial charge in [-0.25, -0.2) is 4.98 Å².